The molecule has 4 nitrogen and oxygen atoms in total. The number of anilines is 1. The Morgan fingerprint density at radius 1 is 1.33 bits per heavy atom. The molecule has 1 atom stereocenters. The highest BCUT2D eigenvalue weighted by molar-refractivity contribution is 5.41. The fourth-order valence-electron chi connectivity index (χ4n) is 2.29. The highest BCUT2D eigenvalue weighted by Gasteiger charge is 2.23. The smallest absolute Gasteiger partial charge is 0.119 e. The number of hydrogen-bond donors (Lipinski definition) is 1. The maximum Gasteiger partial charge on any atom is 0.119 e. The molecule has 1 aromatic rings. The second-order valence-corrected chi connectivity index (χ2v) is 5.12. The average molecular weight is 249 g/mol. The van der Waals surface area contributed by atoms with E-state index in [4.69, 9.17) is 10.5 Å². The van der Waals surface area contributed by atoms with E-state index in [0.717, 1.165) is 31.1 Å². The second-order valence-electron chi connectivity index (χ2n) is 5.12. The standard InChI is InChI=1S/C14H23N3O/c1-16(2)13-7-8-17(11-13)9-10-18-14-5-3-12(15)4-6-14/h3-6,13H,7-11,15H2,1-2H3. The van der Waals surface area contributed by atoms with Gasteiger partial charge in [0.2, 0.25) is 0 Å². The first kappa shape index (κ1) is 13.2. The largest absolute Gasteiger partial charge is 0.492 e. The molecule has 1 fully saturated rings. The Labute approximate surface area is 109 Å². The molecular weight excluding hydrogens is 226 g/mol. The predicted octanol–water partition coefficient (Wildman–Crippen LogP) is 1.28. The highest BCUT2D eigenvalue weighted by Crippen LogP contribution is 2.15. The zero-order valence-corrected chi connectivity index (χ0v) is 11.3. The topological polar surface area (TPSA) is 41.7 Å². The maximum absolute atomic E-state index is 5.71. The van der Waals surface area contributed by atoms with E-state index in [1.807, 2.05) is 24.3 Å². The third kappa shape index (κ3) is 3.62. The maximum atomic E-state index is 5.71. The molecule has 0 radical (unpaired) electrons. The van der Waals surface area contributed by atoms with Gasteiger partial charge in [-0.05, 0) is 51.3 Å². The van der Waals surface area contributed by atoms with Crippen molar-refractivity contribution in [2.45, 2.75) is 12.5 Å². The molecule has 1 aliphatic heterocycles. The van der Waals surface area contributed by atoms with Crippen molar-refractivity contribution in [2.24, 2.45) is 0 Å². The van der Waals surface area contributed by atoms with Crippen molar-refractivity contribution in [2.75, 3.05) is 46.1 Å². The molecular formula is C14H23N3O. The molecule has 4 heteroatoms. The van der Waals surface area contributed by atoms with Crippen LogP contribution < -0.4 is 10.5 Å². The van der Waals surface area contributed by atoms with Crippen molar-refractivity contribution >= 4 is 5.69 Å². The van der Waals surface area contributed by atoms with E-state index in [1.54, 1.807) is 0 Å². The predicted molar refractivity (Wildman–Crippen MR) is 74.9 cm³/mol. The van der Waals surface area contributed by atoms with E-state index in [-0.39, 0.29) is 0 Å². The molecule has 0 aromatic heterocycles. The number of nitrogen functional groups attached to an aromatic ring is 1. The zero-order chi connectivity index (χ0) is 13.0. The second kappa shape index (κ2) is 6.07. The van der Waals surface area contributed by atoms with Gasteiger partial charge in [-0.3, -0.25) is 4.90 Å². The summed E-state index contributed by atoms with van der Waals surface area (Å²) in [6.07, 6.45) is 1.26. The van der Waals surface area contributed by atoms with Crippen LogP contribution in [0.5, 0.6) is 5.75 Å². The third-order valence-corrected chi connectivity index (χ3v) is 3.53. The summed E-state index contributed by atoms with van der Waals surface area (Å²) in [7, 11) is 4.30. The van der Waals surface area contributed by atoms with Crippen LogP contribution in [0.4, 0.5) is 5.69 Å². The Morgan fingerprint density at radius 2 is 2.06 bits per heavy atom. The van der Waals surface area contributed by atoms with Crippen molar-refractivity contribution < 1.29 is 4.74 Å². The number of likely N-dealkylation sites (N-methyl/N-ethyl adjacent to an activating group) is 1. The van der Waals surface area contributed by atoms with Gasteiger partial charge in [-0.25, -0.2) is 0 Å². The lowest BCUT2D eigenvalue weighted by Gasteiger charge is -2.20. The molecule has 0 saturated carbocycles. The normalized spacial score (nSPS) is 20.5. The molecule has 18 heavy (non-hydrogen) atoms. The minimum atomic E-state index is 0.696. The van der Waals surface area contributed by atoms with Gasteiger partial charge in [-0.15, -0.1) is 0 Å². The van der Waals surface area contributed by atoms with Crippen LogP contribution in [0.25, 0.3) is 0 Å². The first-order valence-electron chi connectivity index (χ1n) is 6.52. The van der Waals surface area contributed by atoms with Gasteiger partial charge < -0.3 is 15.4 Å². The van der Waals surface area contributed by atoms with Crippen molar-refractivity contribution in [3.63, 3.8) is 0 Å². The summed E-state index contributed by atoms with van der Waals surface area (Å²) in [4.78, 5) is 4.77. The first-order chi connectivity index (χ1) is 8.65. The van der Waals surface area contributed by atoms with Gasteiger partial charge in [0.15, 0.2) is 0 Å². The van der Waals surface area contributed by atoms with E-state index in [9.17, 15) is 0 Å². The molecule has 1 heterocycles. The number of benzene rings is 1. The van der Waals surface area contributed by atoms with Crippen LogP contribution in [0.15, 0.2) is 24.3 Å². The molecule has 1 saturated heterocycles. The lowest BCUT2D eigenvalue weighted by Crippen LogP contribution is -2.33. The van der Waals surface area contributed by atoms with Crippen LogP contribution in [-0.2, 0) is 0 Å². The summed E-state index contributed by atoms with van der Waals surface area (Å²) in [5.74, 6) is 0.896. The molecule has 1 unspecified atom stereocenters. The number of rotatable bonds is 5. The average Bonchev–Trinajstić information content (AvgIpc) is 2.81. The van der Waals surface area contributed by atoms with Crippen molar-refractivity contribution in [3.8, 4) is 5.75 Å². The Morgan fingerprint density at radius 3 is 2.67 bits per heavy atom. The molecule has 0 aliphatic carbocycles. The van der Waals surface area contributed by atoms with Crippen LogP contribution in [0.3, 0.4) is 0 Å². The van der Waals surface area contributed by atoms with E-state index < -0.39 is 0 Å². The zero-order valence-electron chi connectivity index (χ0n) is 11.3. The molecule has 0 spiro atoms. The van der Waals surface area contributed by atoms with Gasteiger partial charge in [0, 0.05) is 24.8 Å². The molecule has 1 aromatic carbocycles. The summed E-state index contributed by atoms with van der Waals surface area (Å²) >= 11 is 0. The molecule has 100 valence electrons. The SMILES string of the molecule is CN(C)C1CCN(CCOc2ccc(N)cc2)C1. The third-order valence-electron chi connectivity index (χ3n) is 3.53. The number of nitrogens with zero attached hydrogens (tertiary/aromatic N) is 2. The monoisotopic (exact) mass is 249 g/mol. The lowest BCUT2D eigenvalue weighted by molar-refractivity contribution is 0.221. The summed E-state index contributed by atoms with van der Waals surface area (Å²) in [5.41, 5.74) is 6.40. The van der Waals surface area contributed by atoms with Crippen LogP contribution in [0.1, 0.15) is 6.42 Å². The summed E-state index contributed by atoms with van der Waals surface area (Å²) < 4.78 is 5.71. The Balaban J connectivity index is 1.68. The van der Waals surface area contributed by atoms with Crippen LogP contribution in [0.2, 0.25) is 0 Å². The molecule has 0 amide bonds. The number of nitrogens with two attached hydrogens (primary N) is 1. The highest BCUT2D eigenvalue weighted by atomic mass is 16.5. The fourth-order valence-corrected chi connectivity index (χ4v) is 2.29. The van der Waals surface area contributed by atoms with Crippen molar-refractivity contribution in [3.05, 3.63) is 24.3 Å². The lowest BCUT2D eigenvalue weighted by atomic mass is 10.2. The number of hydrogen-bond acceptors (Lipinski definition) is 4. The van der Waals surface area contributed by atoms with Gasteiger partial charge in [-0.2, -0.15) is 0 Å². The van der Waals surface area contributed by atoms with Crippen molar-refractivity contribution in [1.82, 2.24) is 9.80 Å². The first-order valence-corrected chi connectivity index (χ1v) is 6.52. The van der Waals surface area contributed by atoms with Gasteiger partial charge >= 0.3 is 0 Å². The molecule has 1 aliphatic rings. The fraction of sp³-hybridized carbons (Fsp3) is 0.571. The number of ether oxygens (including phenoxy) is 1. The minimum absolute atomic E-state index is 0.696. The van der Waals surface area contributed by atoms with E-state index >= 15 is 0 Å². The molecule has 0 bridgehead atoms. The number of likely N-dealkylation sites (tertiary alicyclic amines) is 1. The van der Waals surface area contributed by atoms with Gasteiger partial charge in [0.05, 0.1) is 0 Å². The Kier molecular flexibility index (Phi) is 4.44. The van der Waals surface area contributed by atoms with E-state index in [1.165, 1.54) is 13.0 Å². The van der Waals surface area contributed by atoms with Crippen LogP contribution in [0, 0.1) is 0 Å². The summed E-state index contributed by atoms with van der Waals surface area (Å²) in [6.45, 7) is 4.06. The minimum Gasteiger partial charge on any atom is -0.492 e. The van der Waals surface area contributed by atoms with Crippen molar-refractivity contribution in [1.29, 1.82) is 0 Å². The van der Waals surface area contributed by atoms with Gasteiger partial charge in [-0.1, -0.05) is 0 Å². The summed E-state index contributed by atoms with van der Waals surface area (Å²) in [6, 6.07) is 8.27. The van der Waals surface area contributed by atoms with E-state index in [2.05, 4.69) is 23.9 Å². The Bertz CT molecular complexity index is 364. The van der Waals surface area contributed by atoms with Crippen LogP contribution >= 0.6 is 0 Å². The van der Waals surface area contributed by atoms with Crippen LogP contribution in [-0.4, -0.2) is 56.2 Å². The van der Waals surface area contributed by atoms with Gasteiger partial charge in [0.1, 0.15) is 12.4 Å². The summed E-state index contributed by atoms with van der Waals surface area (Å²) in [5, 5.41) is 0. The Hall–Kier alpha value is -1.26. The van der Waals surface area contributed by atoms with Gasteiger partial charge in [0.25, 0.3) is 0 Å². The molecule has 2 rings (SSSR count). The molecule has 2 N–H and O–H groups in total. The van der Waals surface area contributed by atoms with E-state index in [0.29, 0.717) is 6.04 Å². The quantitative estimate of drug-likeness (QED) is 0.798.